The number of carbonyl (C=O) groups excluding carboxylic acids is 1. The third-order valence-electron chi connectivity index (χ3n) is 5.72. The Morgan fingerprint density at radius 3 is 2.59 bits per heavy atom. The Hall–Kier alpha value is -1.29. The molecule has 0 spiro atoms. The topological polar surface area (TPSA) is 84.8 Å². The molecule has 2 unspecified atom stereocenters. The molecule has 2 saturated heterocycles. The lowest BCUT2D eigenvalue weighted by Gasteiger charge is -2.37. The van der Waals surface area contributed by atoms with Gasteiger partial charge in [0.15, 0.2) is 5.82 Å². The molecule has 0 aliphatic carbocycles. The molecule has 9 heteroatoms. The molecule has 1 amide bonds. The van der Waals surface area contributed by atoms with Crippen LogP contribution in [0, 0.1) is 5.41 Å². The second-order valence-electron chi connectivity index (χ2n) is 9.55. The van der Waals surface area contributed by atoms with Crippen molar-refractivity contribution >= 4 is 22.6 Å². The molecule has 2 fully saturated rings. The van der Waals surface area contributed by atoms with Gasteiger partial charge in [-0.3, -0.25) is 14.6 Å². The first-order valence-electron chi connectivity index (χ1n) is 10.7. The lowest BCUT2D eigenvalue weighted by atomic mass is 9.94. The van der Waals surface area contributed by atoms with Crippen molar-refractivity contribution in [2.45, 2.75) is 65.8 Å². The first-order chi connectivity index (χ1) is 13.6. The molecule has 29 heavy (non-hydrogen) atoms. The summed E-state index contributed by atoms with van der Waals surface area (Å²) in [5.41, 5.74) is -0.320. The predicted octanol–water partition coefficient (Wildman–Crippen LogP) is 1.48. The van der Waals surface area contributed by atoms with E-state index < -0.39 is 0 Å². The Morgan fingerprint density at radius 2 is 1.97 bits per heavy atom. The molecule has 8 nitrogen and oxygen atoms in total. The minimum Gasteiger partial charge on any atom is -0.392 e. The van der Waals surface area contributed by atoms with Crippen molar-refractivity contribution in [1.82, 2.24) is 24.1 Å². The smallest absolute Gasteiger partial charge is 0.228 e. The zero-order valence-electron chi connectivity index (χ0n) is 18.4. The molecular formula is C20H36N6O2S. The SMILES string of the molecule is CC(C)N1CC(O)CC1CNc1nc(CN2CCN(C(=O)C(C)(C)C)CC2)ns1. The normalized spacial score (nSPS) is 24.4. The molecule has 164 valence electrons. The highest BCUT2D eigenvalue weighted by Crippen LogP contribution is 2.22. The Balaban J connectivity index is 1.45. The van der Waals surface area contributed by atoms with Crippen LogP contribution in [0.25, 0.3) is 0 Å². The van der Waals surface area contributed by atoms with Gasteiger partial charge in [-0.05, 0) is 20.3 Å². The zero-order valence-corrected chi connectivity index (χ0v) is 19.2. The number of piperazine rings is 1. The Labute approximate surface area is 178 Å². The third kappa shape index (κ3) is 5.87. The van der Waals surface area contributed by atoms with E-state index in [9.17, 15) is 9.90 Å². The molecule has 2 atom stereocenters. The second-order valence-corrected chi connectivity index (χ2v) is 10.3. The summed E-state index contributed by atoms with van der Waals surface area (Å²) < 4.78 is 4.50. The standard InChI is InChI=1S/C20H36N6O2S/c1-14(2)26-12-16(27)10-15(26)11-21-19-22-17(23-29-19)13-24-6-8-25(9-7-24)18(28)20(3,4)5/h14-16,27H,6-13H2,1-5H3,(H,21,22,23). The number of carbonyl (C=O) groups is 1. The number of amides is 1. The predicted molar refractivity (Wildman–Crippen MR) is 116 cm³/mol. The summed E-state index contributed by atoms with van der Waals surface area (Å²) in [7, 11) is 0. The van der Waals surface area contributed by atoms with Gasteiger partial charge in [-0.2, -0.15) is 4.37 Å². The summed E-state index contributed by atoms with van der Waals surface area (Å²) in [5, 5.41) is 14.2. The summed E-state index contributed by atoms with van der Waals surface area (Å²) in [5.74, 6) is 1.06. The number of nitrogens with one attached hydrogen (secondary N) is 1. The van der Waals surface area contributed by atoms with Gasteiger partial charge in [0, 0.05) is 68.3 Å². The highest BCUT2D eigenvalue weighted by Gasteiger charge is 2.32. The highest BCUT2D eigenvalue weighted by molar-refractivity contribution is 7.09. The lowest BCUT2D eigenvalue weighted by molar-refractivity contribution is -0.141. The fraction of sp³-hybridized carbons (Fsp3) is 0.850. The van der Waals surface area contributed by atoms with Crippen LogP contribution in [0.15, 0.2) is 0 Å². The summed E-state index contributed by atoms with van der Waals surface area (Å²) in [6.07, 6.45) is 0.562. The Kier molecular flexibility index (Phi) is 7.14. The molecule has 2 aliphatic rings. The monoisotopic (exact) mass is 424 g/mol. The largest absolute Gasteiger partial charge is 0.392 e. The van der Waals surface area contributed by atoms with Crippen molar-refractivity contribution < 1.29 is 9.90 Å². The van der Waals surface area contributed by atoms with Gasteiger partial charge >= 0.3 is 0 Å². The van der Waals surface area contributed by atoms with E-state index in [-0.39, 0.29) is 17.4 Å². The molecule has 0 radical (unpaired) electrons. The highest BCUT2D eigenvalue weighted by atomic mass is 32.1. The first kappa shape index (κ1) is 22.4. The van der Waals surface area contributed by atoms with Crippen LogP contribution in [0.2, 0.25) is 0 Å². The number of hydrogen-bond acceptors (Lipinski definition) is 8. The number of aromatic nitrogens is 2. The first-order valence-corrected chi connectivity index (χ1v) is 11.4. The van der Waals surface area contributed by atoms with Gasteiger partial charge in [-0.15, -0.1) is 0 Å². The molecule has 0 aromatic carbocycles. The number of aliphatic hydroxyl groups excluding tert-OH is 1. The molecule has 1 aromatic heterocycles. The molecule has 2 N–H and O–H groups in total. The third-order valence-corrected chi connectivity index (χ3v) is 6.43. The van der Waals surface area contributed by atoms with E-state index in [4.69, 9.17) is 0 Å². The number of anilines is 1. The van der Waals surface area contributed by atoms with Crippen LogP contribution < -0.4 is 5.32 Å². The van der Waals surface area contributed by atoms with Crippen molar-refractivity contribution in [3.63, 3.8) is 0 Å². The Morgan fingerprint density at radius 1 is 1.28 bits per heavy atom. The summed E-state index contributed by atoms with van der Waals surface area (Å²) >= 11 is 1.40. The number of aliphatic hydroxyl groups is 1. The average molecular weight is 425 g/mol. The molecule has 2 aliphatic heterocycles. The van der Waals surface area contributed by atoms with E-state index in [1.807, 2.05) is 25.7 Å². The van der Waals surface area contributed by atoms with Crippen LogP contribution >= 0.6 is 11.5 Å². The summed E-state index contributed by atoms with van der Waals surface area (Å²) in [6.45, 7) is 15.7. The van der Waals surface area contributed by atoms with Gasteiger partial charge < -0.3 is 15.3 Å². The molecule has 3 heterocycles. The van der Waals surface area contributed by atoms with Crippen LogP contribution in [-0.4, -0.2) is 92.5 Å². The molecule has 3 rings (SSSR count). The minimum atomic E-state index is -0.320. The van der Waals surface area contributed by atoms with Gasteiger partial charge in [0.1, 0.15) is 0 Å². The van der Waals surface area contributed by atoms with E-state index in [1.54, 1.807) is 0 Å². The molecule has 0 bridgehead atoms. The fourth-order valence-electron chi connectivity index (χ4n) is 4.13. The van der Waals surface area contributed by atoms with E-state index in [2.05, 4.69) is 38.3 Å². The van der Waals surface area contributed by atoms with Crippen molar-refractivity contribution in [2.24, 2.45) is 5.41 Å². The number of nitrogens with zero attached hydrogens (tertiary/aromatic N) is 5. The molecule has 1 aromatic rings. The van der Waals surface area contributed by atoms with Crippen molar-refractivity contribution in [1.29, 1.82) is 0 Å². The van der Waals surface area contributed by atoms with Crippen LogP contribution in [-0.2, 0) is 11.3 Å². The molecular weight excluding hydrogens is 388 g/mol. The Bertz CT molecular complexity index is 681. The van der Waals surface area contributed by atoms with Gasteiger partial charge in [0.05, 0.1) is 12.6 Å². The zero-order chi connectivity index (χ0) is 21.2. The number of hydrogen-bond donors (Lipinski definition) is 2. The maximum atomic E-state index is 12.4. The van der Waals surface area contributed by atoms with E-state index in [0.717, 1.165) is 63.2 Å². The summed E-state index contributed by atoms with van der Waals surface area (Å²) in [4.78, 5) is 23.7. The molecule has 0 saturated carbocycles. The number of likely N-dealkylation sites (tertiary alicyclic amines) is 1. The maximum Gasteiger partial charge on any atom is 0.228 e. The lowest BCUT2D eigenvalue weighted by Crippen LogP contribution is -2.51. The van der Waals surface area contributed by atoms with Crippen LogP contribution in [0.4, 0.5) is 5.13 Å². The van der Waals surface area contributed by atoms with Gasteiger partial charge in [0.2, 0.25) is 11.0 Å². The van der Waals surface area contributed by atoms with Crippen molar-refractivity contribution in [2.75, 3.05) is 44.6 Å². The minimum absolute atomic E-state index is 0.225. The second kappa shape index (κ2) is 9.24. The van der Waals surface area contributed by atoms with Crippen LogP contribution in [0.1, 0.15) is 46.9 Å². The van der Waals surface area contributed by atoms with Gasteiger partial charge in [-0.1, -0.05) is 20.8 Å². The summed E-state index contributed by atoms with van der Waals surface area (Å²) in [6, 6.07) is 0.749. The van der Waals surface area contributed by atoms with E-state index in [0.29, 0.717) is 12.1 Å². The van der Waals surface area contributed by atoms with E-state index in [1.165, 1.54) is 11.5 Å². The maximum absolute atomic E-state index is 12.4. The van der Waals surface area contributed by atoms with Gasteiger partial charge in [-0.25, -0.2) is 4.98 Å². The number of rotatable bonds is 6. The van der Waals surface area contributed by atoms with Gasteiger partial charge in [0.25, 0.3) is 0 Å². The van der Waals surface area contributed by atoms with Crippen LogP contribution in [0.3, 0.4) is 0 Å². The van der Waals surface area contributed by atoms with Crippen molar-refractivity contribution in [3.05, 3.63) is 5.82 Å². The van der Waals surface area contributed by atoms with E-state index >= 15 is 0 Å². The number of β-amino-alcohol motifs (C(OH)–C–C–N with tert-alkyl or cyclic N) is 1. The van der Waals surface area contributed by atoms with Crippen LogP contribution in [0.5, 0.6) is 0 Å². The quantitative estimate of drug-likeness (QED) is 0.716. The average Bonchev–Trinajstić information content (AvgIpc) is 3.25. The van der Waals surface area contributed by atoms with Crippen molar-refractivity contribution in [3.8, 4) is 0 Å². The fourth-order valence-corrected chi connectivity index (χ4v) is 4.71.